The molecule has 0 spiro atoms. The monoisotopic (exact) mass is 342 g/mol. The second-order valence-electron chi connectivity index (χ2n) is 5.91. The molecule has 0 aliphatic rings. The van der Waals surface area contributed by atoms with E-state index >= 15 is 0 Å². The molecule has 0 radical (unpaired) electrons. The van der Waals surface area contributed by atoms with Crippen molar-refractivity contribution in [3.63, 3.8) is 0 Å². The average molecular weight is 342 g/mol. The van der Waals surface area contributed by atoms with E-state index in [-0.39, 0.29) is 12.2 Å². The van der Waals surface area contributed by atoms with Gasteiger partial charge in [-0.25, -0.2) is 8.78 Å². The Bertz CT molecular complexity index is 947. The first-order valence-electron chi connectivity index (χ1n) is 7.72. The highest BCUT2D eigenvalue weighted by molar-refractivity contribution is 5.68. The van der Waals surface area contributed by atoms with E-state index in [1.807, 2.05) is 24.5 Å². The summed E-state index contributed by atoms with van der Waals surface area (Å²) in [7, 11) is 0. The Morgan fingerprint density at radius 1 is 1.04 bits per heavy atom. The van der Waals surface area contributed by atoms with E-state index in [2.05, 4.69) is 0 Å². The van der Waals surface area contributed by atoms with Crippen molar-refractivity contribution in [1.82, 2.24) is 4.57 Å². The second kappa shape index (κ2) is 6.47. The lowest BCUT2D eigenvalue weighted by Crippen LogP contribution is -2.06. The van der Waals surface area contributed by atoms with E-state index in [0.717, 1.165) is 28.6 Å². The molecule has 0 N–H and O–H groups in total. The third-order valence-electron chi connectivity index (χ3n) is 4.31. The third-order valence-corrected chi connectivity index (χ3v) is 4.31. The molecule has 0 bridgehead atoms. The molecule has 0 saturated carbocycles. The summed E-state index contributed by atoms with van der Waals surface area (Å²) in [6, 6.07) is 11.8. The Balaban J connectivity index is 1.96. The van der Waals surface area contributed by atoms with Gasteiger partial charge < -0.3 is 4.57 Å². The van der Waals surface area contributed by atoms with Crippen molar-refractivity contribution in [3.05, 3.63) is 87.2 Å². The zero-order valence-electron chi connectivity index (χ0n) is 13.8. The molecule has 1 aromatic heterocycles. The summed E-state index contributed by atoms with van der Waals surface area (Å²) < 4.78 is 28.9. The molecule has 4 nitrogen and oxygen atoms in total. The molecule has 3 aromatic rings. The standard InChI is InChI=1S/C19H16F2N2O2/c1-12-9-18(14-4-7-17(8-5-14)23(24)25)13(2)22(12)11-15-3-6-16(20)10-19(15)21/h3-10H,11H2,1-2H3. The highest BCUT2D eigenvalue weighted by Gasteiger charge is 2.14. The normalized spacial score (nSPS) is 10.9. The molecule has 0 amide bonds. The average Bonchev–Trinajstić information content (AvgIpc) is 2.85. The van der Waals surface area contributed by atoms with Crippen LogP contribution in [0.25, 0.3) is 11.1 Å². The first kappa shape index (κ1) is 16.8. The van der Waals surface area contributed by atoms with E-state index in [0.29, 0.717) is 5.56 Å². The number of nitro groups is 1. The smallest absolute Gasteiger partial charge is 0.269 e. The summed E-state index contributed by atoms with van der Waals surface area (Å²) in [6.07, 6.45) is 0. The molecule has 6 heteroatoms. The molecular formula is C19H16F2N2O2. The molecule has 1 heterocycles. The number of nitrogens with zero attached hydrogens (tertiary/aromatic N) is 2. The fourth-order valence-electron chi connectivity index (χ4n) is 2.92. The van der Waals surface area contributed by atoms with Gasteiger partial charge in [0.05, 0.1) is 11.5 Å². The molecule has 128 valence electrons. The van der Waals surface area contributed by atoms with E-state index in [1.54, 1.807) is 12.1 Å². The highest BCUT2D eigenvalue weighted by Crippen LogP contribution is 2.29. The number of non-ortho nitro benzene ring substituents is 1. The van der Waals surface area contributed by atoms with Crippen molar-refractivity contribution < 1.29 is 13.7 Å². The maximum absolute atomic E-state index is 13.9. The van der Waals surface area contributed by atoms with E-state index in [1.165, 1.54) is 24.3 Å². The Morgan fingerprint density at radius 3 is 2.32 bits per heavy atom. The van der Waals surface area contributed by atoms with Crippen molar-refractivity contribution in [1.29, 1.82) is 0 Å². The van der Waals surface area contributed by atoms with Crippen LogP contribution in [0.5, 0.6) is 0 Å². The van der Waals surface area contributed by atoms with Crippen LogP contribution < -0.4 is 0 Å². The van der Waals surface area contributed by atoms with Crippen LogP contribution in [0.2, 0.25) is 0 Å². The SMILES string of the molecule is Cc1cc(-c2ccc([N+](=O)[O-])cc2)c(C)n1Cc1ccc(F)cc1F. The zero-order chi connectivity index (χ0) is 18.1. The number of hydrogen-bond donors (Lipinski definition) is 0. The van der Waals surface area contributed by atoms with E-state index in [4.69, 9.17) is 0 Å². The second-order valence-corrected chi connectivity index (χ2v) is 5.91. The van der Waals surface area contributed by atoms with E-state index in [9.17, 15) is 18.9 Å². The maximum Gasteiger partial charge on any atom is 0.269 e. The number of benzene rings is 2. The molecule has 0 fully saturated rings. The Kier molecular flexibility index (Phi) is 4.35. The van der Waals surface area contributed by atoms with Crippen molar-refractivity contribution in [2.45, 2.75) is 20.4 Å². The lowest BCUT2D eigenvalue weighted by Gasteiger charge is -2.11. The summed E-state index contributed by atoms with van der Waals surface area (Å²) in [6.45, 7) is 4.10. The number of nitro benzene ring substituents is 1. The molecule has 0 unspecified atom stereocenters. The molecule has 3 rings (SSSR count). The summed E-state index contributed by atoms with van der Waals surface area (Å²) >= 11 is 0. The van der Waals surface area contributed by atoms with Gasteiger partial charge in [-0.15, -0.1) is 0 Å². The minimum Gasteiger partial charge on any atom is -0.344 e. The van der Waals surface area contributed by atoms with Crippen LogP contribution in [0.4, 0.5) is 14.5 Å². The maximum atomic E-state index is 13.9. The number of halogens is 2. The van der Waals surface area contributed by atoms with E-state index < -0.39 is 16.6 Å². The quantitative estimate of drug-likeness (QED) is 0.494. The van der Waals surface area contributed by atoms with Crippen LogP contribution in [0.1, 0.15) is 17.0 Å². The molecule has 25 heavy (non-hydrogen) atoms. The zero-order valence-corrected chi connectivity index (χ0v) is 13.8. The molecule has 0 aliphatic carbocycles. The predicted molar refractivity (Wildman–Crippen MR) is 91.5 cm³/mol. The fraction of sp³-hybridized carbons (Fsp3) is 0.158. The molecular weight excluding hydrogens is 326 g/mol. The number of hydrogen-bond acceptors (Lipinski definition) is 2. The molecule has 0 aliphatic heterocycles. The third kappa shape index (κ3) is 3.28. The minimum atomic E-state index is -0.603. The lowest BCUT2D eigenvalue weighted by atomic mass is 10.1. The minimum absolute atomic E-state index is 0.0333. The Hall–Kier alpha value is -3.02. The van der Waals surface area contributed by atoms with Crippen molar-refractivity contribution >= 4 is 5.69 Å². The van der Waals surface area contributed by atoms with Gasteiger partial charge in [-0.05, 0) is 43.7 Å². The first-order valence-corrected chi connectivity index (χ1v) is 7.72. The van der Waals surface area contributed by atoms with Crippen LogP contribution in [0, 0.1) is 35.6 Å². The van der Waals surface area contributed by atoms with Gasteiger partial charge in [-0.2, -0.15) is 0 Å². The van der Waals surface area contributed by atoms with Crippen LogP contribution in [-0.2, 0) is 6.54 Å². The summed E-state index contributed by atoms with van der Waals surface area (Å²) in [4.78, 5) is 10.3. The van der Waals surface area contributed by atoms with Crippen LogP contribution >= 0.6 is 0 Å². The summed E-state index contributed by atoms with van der Waals surface area (Å²) in [5.41, 5.74) is 4.05. The van der Waals surface area contributed by atoms with Gasteiger partial charge in [0.2, 0.25) is 0 Å². The number of aromatic nitrogens is 1. The van der Waals surface area contributed by atoms with Gasteiger partial charge in [-0.3, -0.25) is 10.1 Å². The first-order chi connectivity index (χ1) is 11.9. The summed E-state index contributed by atoms with van der Waals surface area (Å²) in [5.74, 6) is -1.18. The Morgan fingerprint density at radius 2 is 1.72 bits per heavy atom. The van der Waals surface area contributed by atoms with Crippen molar-refractivity contribution in [3.8, 4) is 11.1 Å². The number of aryl methyl sites for hydroxylation is 1. The van der Waals surface area contributed by atoms with Crippen molar-refractivity contribution in [2.75, 3.05) is 0 Å². The lowest BCUT2D eigenvalue weighted by molar-refractivity contribution is -0.384. The topological polar surface area (TPSA) is 48.1 Å². The van der Waals surface area contributed by atoms with Crippen LogP contribution in [0.15, 0.2) is 48.5 Å². The molecule has 2 aromatic carbocycles. The fourth-order valence-corrected chi connectivity index (χ4v) is 2.92. The molecule has 0 atom stereocenters. The molecule has 0 saturated heterocycles. The van der Waals surface area contributed by atoms with Crippen molar-refractivity contribution in [2.24, 2.45) is 0 Å². The van der Waals surface area contributed by atoms with Gasteiger partial charge in [-0.1, -0.05) is 6.07 Å². The van der Waals surface area contributed by atoms with Crippen LogP contribution in [0.3, 0.4) is 0 Å². The van der Waals surface area contributed by atoms with Gasteiger partial charge in [0.1, 0.15) is 11.6 Å². The largest absolute Gasteiger partial charge is 0.344 e. The Labute approximate surface area is 143 Å². The predicted octanol–water partition coefficient (Wildman–Crippen LogP) is 5.01. The van der Waals surface area contributed by atoms with Gasteiger partial charge in [0.25, 0.3) is 5.69 Å². The number of rotatable bonds is 4. The summed E-state index contributed by atoms with van der Waals surface area (Å²) in [5, 5.41) is 10.8. The van der Waals surface area contributed by atoms with Gasteiger partial charge in [0, 0.05) is 40.7 Å². The van der Waals surface area contributed by atoms with Gasteiger partial charge >= 0.3 is 0 Å². The highest BCUT2D eigenvalue weighted by atomic mass is 19.1. The van der Waals surface area contributed by atoms with Crippen LogP contribution in [-0.4, -0.2) is 9.49 Å². The van der Waals surface area contributed by atoms with Gasteiger partial charge in [0.15, 0.2) is 0 Å².